The van der Waals surface area contributed by atoms with Crippen LogP contribution in [0.25, 0.3) is 0 Å². The first-order valence-electron chi connectivity index (χ1n) is 7.51. The van der Waals surface area contributed by atoms with Crippen molar-refractivity contribution < 1.29 is 9.59 Å². The fraction of sp³-hybridized carbons (Fsp3) is 0.438. The third-order valence-corrected chi connectivity index (χ3v) is 5.12. The van der Waals surface area contributed by atoms with Gasteiger partial charge in [-0.2, -0.15) is 0 Å². The molecule has 2 amide bonds. The Morgan fingerprint density at radius 2 is 2.26 bits per heavy atom. The van der Waals surface area contributed by atoms with E-state index < -0.39 is 5.25 Å². The summed E-state index contributed by atoms with van der Waals surface area (Å²) in [6.07, 6.45) is 1.00. The highest BCUT2D eigenvalue weighted by molar-refractivity contribution is 8.15. The van der Waals surface area contributed by atoms with Gasteiger partial charge in [0, 0.05) is 23.2 Å². The Kier molecular flexibility index (Phi) is 6.07. The molecule has 5 nitrogen and oxygen atoms in total. The van der Waals surface area contributed by atoms with Gasteiger partial charge in [0.05, 0.1) is 0 Å². The van der Waals surface area contributed by atoms with E-state index in [1.54, 1.807) is 18.2 Å². The third-order valence-electron chi connectivity index (χ3n) is 3.62. The smallest absolute Gasteiger partial charge is 0.240 e. The van der Waals surface area contributed by atoms with E-state index in [2.05, 4.69) is 15.6 Å². The van der Waals surface area contributed by atoms with Crippen LogP contribution in [0, 0.1) is 6.92 Å². The van der Waals surface area contributed by atoms with Gasteiger partial charge in [-0.25, -0.2) is 0 Å². The summed E-state index contributed by atoms with van der Waals surface area (Å²) in [5.74, 6) is -0.386. The predicted octanol–water partition coefficient (Wildman–Crippen LogP) is 3.36. The summed E-state index contributed by atoms with van der Waals surface area (Å²) in [6, 6.07) is 5.49. The summed E-state index contributed by atoms with van der Waals surface area (Å²) in [4.78, 5) is 28.5. The van der Waals surface area contributed by atoms with Crippen molar-refractivity contribution in [1.82, 2.24) is 5.32 Å². The molecule has 2 rings (SSSR count). The number of aliphatic imine (C=N–C) groups is 1. The lowest BCUT2D eigenvalue weighted by Gasteiger charge is -2.10. The van der Waals surface area contributed by atoms with Crippen LogP contribution >= 0.6 is 23.4 Å². The van der Waals surface area contributed by atoms with Gasteiger partial charge in [0.2, 0.25) is 11.8 Å². The Bertz CT molecular complexity index is 648. The summed E-state index contributed by atoms with van der Waals surface area (Å²) in [5.41, 5.74) is 1.48. The molecule has 2 atom stereocenters. The van der Waals surface area contributed by atoms with E-state index in [4.69, 9.17) is 11.6 Å². The first-order chi connectivity index (χ1) is 10.9. The minimum absolute atomic E-state index is 0.0992. The van der Waals surface area contributed by atoms with Crippen molar-refractivity contribution in [2.45, 2.75) is 44.9 Å². The first kappa shape index (κ1) is 17.8. The molecule has 1 heterocycles. The number of nitrogens with zero attached hydrogens (tertiary/aromatic N) is 1. The van der Waals surface area contributed by atoms with E-state index in [0.29, 0.717) is 15.9 Å². The van der Waals surface area contributed by atoms with Gasteiger partial charge in [0.15, 0.2) is 5.17 Å². The van der Waals surface area contributed by atoms with Gasteiger partial charge in [0.25, 0.3) is 0 Å². The lowest BCUT2D eigenvalue weighted by molar-refractivity contribution is -0.122. The number of anilines is 1. The maximum atomic E-state index is 12.2. The normalized spacial score (nSPS) is 20.4. The number of amidine groups is 1. The number of carbonyl (C=O) groups is 2. The molecule has 0 saturated carbocycles. The van der Waals surface area contributed by atoms with Crippen LogP contribution in [0.3, 0.4) is 0 Å². The standard InChI is InChI=1S/C16H20ClN3O2S/c1-4-9(2)18-16-20-15(22)13(23-16)8-14(21)19-12-7-5-6-11(17)10(12)3/h5-7,9,13H,4,8H2,1-3H3,(H,19,21)(H,18,20,22)/t9-,13-/m0/s1. The molecule has 124 valence electrons. The number of halogens is 1. The van der Waals surface area contributed by atoms with Crippen LogP contribution < -0.4 is 10.6 Å². The molecule has 23 heavy (non-hydrogen) atoms. The number of rotatable bonds is 5. The number of benzene rings is 1. The fourth-order valence-corrected chi connectivity index (χ4v) is 3.25. The number of hydrogen-bond donors (Lipinski definition) is 2. The first-order valence-corrected chi connectivity index (χ1v) is 8.76. The Hall–Kier alpha value is -1.53. The number of nitrogens with one attached hydrogen (secondary N) is 2. The van der Waals surface area contributed by atoms with E-state index in [1.807, 2.05) is 20.8 Å². The highest BCUT2D eigenvalue weighted by atomic mass is 35.5. The molecule has 1 aromatic carbocycles. The Labute approximate surface area is 145 Å². The van der Waals surface area contributed by atoms with Crippen molar-refractivity contribution in [2.24, 2.45) is 4.99 Å². The average molecular weight is 354 g/mol. The second-order valence-corrected chi connectivity index (χ2v) is 7.05. The summed E-state index contributed by atoms with van der Waals surface area (Å²) >= 11 is 7.35. The summed E-state index contributed by atoms with van der Waals surface area (Å²) in [7, 11) is 0. The monoisotopic (exact) mass is 353 g/mol. The molecule has 1 saturated heterocycles. The van der Waals surface area contributed by atoms with E-state index in [9.17, 15) is 9.59 Å². The average Bonchev–Trinajstić information content (AvgIpc) is 2.83. The van der Waals surface area contributed by atoms with Gasteiger partial charge in [0.1, 0.15) is 5.25 Å². The number of carbonyl (C=O) groups excluding carboxylic acids is 2. The molecule has 7 heteroatoms. The van der Waals surface area contributed by atoms with Crippen molar-refractivity contribution in [1.29, 1.82) is 0 Å². The molecule has 1 aliphatic heterocycles. The van der Waals surface area contributed by atoms with Crippen LogP contribution in [-0.2, 0) is 9.59 Å². The van der Waals surface area contributed by atoms with Crippen molar-refractivity contribution in [3.8, 4) is 0 Å². The maximum Gasteiger partial charge on any atom is 0.240 e. The Morgan fingerprint density at radius 1 is 1.52 bits per heavy atom. The van der Waals surface area contributed by atoms with Crippen LogP contribution in [0.5, 0.6) is 0 Å². The highest BCUT2D eigenvalue weighted by Gasteiger charge is 2.32. The molecule has 0 aliphatic carbocycles. The molecule has 1 aliphatic rings. The highest BCUT2D eigenvalue weighted by Crippen LogP contribution is 2.26. The second kappa shape index (κ2) is 7.84. The van der Waals surface area contributed by atoms with Crippen molar-refractivity contribution in [3.63, 3.8) is 0 Å². The zero-order valence-electron chi connectivity index (χ0n) is 13.4. The molecule has 2 N–H and O–H groups in total. The summed E-state index contributed by atoms with van der Waals surface area (Å²) < 4.78 is 0. The summed E-state index contributed by atoms with van der Waals surface area (Å²) in [5, 5.41) is 6.29. The predicted molar refractivity (Wildman–Crippen MR) is 96.1 cm³/mol. The van der Waals surface area contributed by atoms with Crippen molar-refractivity contribution >= 4 is 46.0 Å². The lowest BCUT2D eigenvalue weighted by Crippen LogP contribution is -2.28. The number of thioether (sulfide) groups is 1. The van der Waals surface area contributed by atoms with E-state index in [1.165, 1.54) is 11.8 Å². The van der Waals surface area contributed by atoms with Crippen molar-refractivity contribution in [2.75, 3.05) is 5.32 Å². The molecule has 0 aromatic heterocycles. The van der Waals surface area contributed by atoms with Crippen molar-refractivity contribution in [3.05, 3.63) is 28.8 Å². The maximum absolute atomic E-state index is 12.2. The van der Waals surface area contributed by atoms with Crippen LogP contribution in [0.2, 0.25) is 5.02 Å². The SMILES string of the molecule is CC[C@H](C)N=C1NC(=O)[C@H](CC(=O)Nc2cccc(Cl)c2C)S1. The lowest BCUT2D eigenvalue weighted by atomic mass is 10.2. The van der Waals surface area contributed by atoms with E-state index in [0.717, 1.165) is 12.0 Å². The van der Waals surface area contributed by atoms with Crippen LogP contribution in [0.1, 0.15) is 32.3 Å². The zero-order valence-corrected chi connectivity index (χ0v) is 14.9. The molecule has 0 radical (unpaired) electrons. The van der Waals surface area contributed by atoms with Gasteiger partial charge in [-0.3, -0.25) is 14.6 Å². The largest absolute Gasteiger partial charge is 0.326 e. The Balaban J connectivity index is 1.97. The Morgan fingerprint density at radius 3 is 2.96 bits per heavy atom. The molecule has 1 aromatic rings. The van der Waals surface area contributed by atoms with Crippen LogP contribution in [0.15, 0.2) is 23.2 Å². The number of amides is 2. The minimum atomic E-state index is -0.447. The fourth-order valence-electron chi connectivity index (χ4n) is 2.00. The number of hydrogen-bond acceptors (Lipinski definition) is 4. The van der Waals surface area contributed by atoms with Gasteiger partial charge in [-0.15, -0.1) is 0 Å². The third kappa shape index (κ3) is 4.72. The summed E-state index contributed by atoms with van der Waals surface area (Å²) in [6.45, 7) is 5.86. The molecular weight excluding hydrogens is 334 g/mol. The second-order valence-electron chi connectivity index (χ2n) is 5.45. The molecule has 0 bridgehead atoms. The van der Waals surface area contributed by atoms with Gasteiger partial charge in [-0.05, 0) is 38.0 Å². The molecule has 1 fully saturated rings. The van der Waals surface area contributed by atoms with Gasteiger partial charge in [-0.1, -0.05) is 36.4 Å². The van der Waals surface area contributed by atoms with Crippen LogP contribution in [0.4, 0.5) is 5.69 Å². The molecular formula is C16H20ClN3O2S. The minimum Gasteiger partial charge on any atom is -0.326 e. The van der Waals surface area contributed by atoms with Gasteiger partial charge < -0.3 is 10.6 Å². The topological polar surface area (TPSA) is 70.6 Å². The molecule has 0 spiro atoms. The molecule has 0 unspecified atom stereocenters. The zero-order chi connectivity index (χ0) is 17.0. The van der Waals surface area contributed by atoms with Crippen LogP contribution in [-0.4, -0.2) is 28.3 Å². The quantitative estimate of drug-likeness (QED) is 0.852. The van der Waals surface area contributed by atoms with Gasteiger partial charge >= 0.3 is 0 Å². The van der Waals surface area contributed by atoms with E-state index in [-0.39, 0.29) is 24.3 Å². The van der Waals surface area contributed by atoms with E-state index >= 15 is 0 Å².